The van der Waals surface area contributed by atoms with Gasteiger partial charge in [0, 0.05) is 11.9 Å². The first-order chi connectivity index (χ1) is 7.70. The first kappa shape index (κ1) is 11.0. The van der Waals surface area contributed by atoms with Crippen LogP contribution in [0, 0.1) is 18.3 Å². The van der Waals surface area contributed by atoms with E-state index in [1.807, 2.05) is 29.7 Å². The second-order valence-electron chi connectivity index (χ2n) is 3.90. The monoisotopic (exact) mass is 232 g/mol. The molecule has 2 rings (SSSR count). The third kappa shape index (κ3) is 1.48. The fourth-order valence-corrected chi connectivity index (χ4v) is 2.42. The number of halogens is 1. The molecule has 0 aliphatic rings. The zero-order valence-corrected chi connectivity index (χ0v) is 10.2. The van der Waals surface area contributed by atoms with Crippen molar-refractivity contribution in [1.82, 2.24) is 4.57 Å². The summed E-state index contributed by atoms with van der Waals surface area (Å²) in [6, 6.07) is 8.16. The van der Waals surface area contributed by atoms with Crippen molar-refractivity contribution >= 4 is 22.5 Å². The maximum absolute atomic E-state index is 9.14. The molecule has 2 nitrogen and oxygen atoms in total. The molecule has 1 heterocycles. The number of rotatable bonds is 2. The van der Waals surface area contributed by atoms with E-state index in [1.54, 1.807) is 0 Å². The van der Waals surface area contributed by atoms with Crippen LogP contribution < -0.4 is 0 Å². The minimum Gasteiger partial charge on any atom is -0.330 e. The Morgan fingerprint density at radius 1 is 1.44 bits per heavy atom. The van der Waals surface area contributed by atoms with Gasteiger partial charge in [0.1, 0.15) is 11.2 Å². The summed E-state index contributed by atoms with van der Waals surface area (Å²) in [5, 5.41) is 10.7. The molecule has 0 fully saturated rings. The summed E-state index contributed by atoms with van der Waals surface area (Å²) in [5.41, 5.74) is 2.84. The maximum atomic E-state index is 9.14. The number of aryl methyl sites for hydroxylation is 2. The zero-order valence-electron chi connectivity index (χ0n) is 9.42. The van der Waals surface area contributed by atoms with Gasteiger partial charge < -0.3 is 4.57 Å². The summed E-state index contributed by atoms with van der Waals surface area (Å²) in [6.07, 6.45) is 1.00. The van der Waals surface area contributed by atoms with E-state index in [2.05, 4.69) is 13.0 Å². The Labute approximate surface area is 100 Å². The highest BCUT2D eigenvalue weighted by atomic mass is 35.5. The van der Waals surface area contributed by atoms with Crippen molar-refractivity contribution in [2.24, 2.45) is 0 Å². The second-order valence-corrected chi connectivity index (χ2v) is 4.26. The van der Waals surface area contributed by atoms with Crippen LogP contribution in [0.2, 0.25) is 5.15 Å². The average molecular weight is 233 g/mol. The van der Waals surface area contributed by atoms with Crippen LogP contribution >= 0.6 is 11.6 Å². The van der Waals surface area contributed by atoms with Crippen molar-refractivity contribution < 1.29 is 0 Å². The van der Waals surface area contributed by atoms with Crippen LogP contribution in [-0.2, 0) is 6.54 Å². The molecule has 0 saturated carbocycles. The molecule has 82 valence electrons. The predicted octanol–water partition coefficient (Wildman–Crippen LogP) is 3.88. The lowest BCUT2D eigenvalue weighted by Crippen LogP contribution is -1.97. The number of nitriles is 1. The van der Waals surface area contributed by atoms with E-state index in [4.69, 9.17) is 16.9 Å². The van der Waals surface area contributed by atoms with Crippen LogP contribution in [0.15, 0.2) is 18.2 Å². The van der Waals surface area contributed by atoms with Crippen molar-refractivity contribution in [2.45, 2.75) is 26.8 Å². The molecule has 0 amide bonds. The van der Waals surface area contributed by atoms with Crippen molar-refractivity contribution in [3.05, 3.63) is 34.5 Å². The lowest BCUT2D eigenvalue weighted by atomic mass is 10.1. The van der Waals surface area contributed by atoms with Crippen LogP contribution in [0.25, 0.3) is 10.9 Å². The molecule has 0 spiro atoms. The first-order valence-corrected chi connectivity index (χ1v) is 5.76. The van der Waals surface area contributed by atoms with Crippen LogP contribution in [-0.4, -0.2) is 4.57 Å². The van der Waals surface area contributed by atoms with Gasteiger partial charge in [0.05, 0.1) is 11.1 Å². The van der Waals surface area contributed by atoms with E-state index in [1.165, 1.54) is 0 Å². The van der Waals surface area contributed by atoms with Gasteiger partial charge in [-0.15, -0.1) is 0 Å². The molecule has 1 aromatic carbocycles. The lowest BCUT2D eigenvalue weighted by Gasteiger charge is -2.06. The highest BCUT2D eigenvalue weighted by Crippen LogP contribution is 2.31. The molecule has 1 aromatic heterocycles. The van der Waals surface area contributed by atoms with Crippen LogP contribution in [0.5, 0.6) is 0 Å². The summed E-state index contributed by atoms with van der Waals surface area (Å²) in [6.45, 7) is 5.00. The van der Waals surface area contributed by atoms with Crippen LogP contribution in [0.4, 0.5) is 0 Å². The Hall–Kier alpha value is -1.46. The molecule has 0 unspecified atom stereocenters. The van der Waals surface area contributed by atoms with Gasteiger partial charge in [-0.3, -0.25) is 0 Å². The van der Waals surface area contributed by atoms with E-state index in [9.17, 15) is 0 Å². The van der Waals surface area contributed by atoms with E-state index in [0.29, 0.717) is 10.7 Å². The van der Waals surface area contributed by atoms with Gasteiger partial charge in [-0.2, -0.15) is 5.26 Å². The molecule has 0 saturated heterocycles. The highest BCUT2D eigenvalue weighted by Gasteiger charge is 2.15. The van der Waals surface area contributed by atoms with Crippen molar-refractivity contribution in [3.8, 4) is 6.07 Å². The number of para-hydroxylation sites is 1. The second kappa shape index (κ2) is 4.19. The highest BCUT2D eigenvalue weighted by molar-refractivity contribution is 6.32. The van der Waals surface area contributed by atoms with Gasteiger partial charge in [-0.25, -0.2) is 0 Å². The van der Waals surface area contributed by atoms with E-state index in [0.717, 1.165) is 29.4 Å². The number of hydrogen-bond acceptors (Lipinski definition) is 1. The average Bonchev–Trinajstić information content (AvgIpc) is 2.54. The smallest absolute Gasteiger partial charge is 0.128 e. The predicted molar refractivity (Wildman–Crippen MR) is 66.7 cm³/mol. The lowest BCUT2D eigenvalue weighted by molar-refractivity contribution is 0.702. The third-order valence-electron chi connectivity index (χ3n) is 2.78. The standard InChI is InChI=1S/C13H13ClN2/c1-3-7-16-12-9(2)5-4-6-10(12)11(8-15)13(16)14/h4-6H,3,7H2,1-2H3. The number of fused-ring (bicyclic) bond motifs is 1. The molecule has 0 bridgehead atoms. The Morgan fingerprint density at radius 2 is 2.19 bits per heavy atom. The summed E-state index contributed by atoms with van der Waals surface area (Å²) in [4.78, 5) is 0. The number of hydrogen-bond donors (Lipinski definition) is 0. The molecule has 3 heteroatoms. The largest absolute Gasteiger partial charge is 0.330 e. The van der Waals surface area contributed by atoms with Gasteiger partial charge in [-0.05, 0) is 18.9 Å². The first-order valence-electron chi connectivity index (χ1n) is 5.38. The summed E-state index contributed by atoms with van der Waals surface area (Å²) < 4.78 is 2.03. The van der Waals surface area contributed by atoms with Gasteiger partial charge >= 0.3 is 0 Å². The zero-order chi connectivity index (χ0) is 11.7. The molecule has 0 aliphatic carbocycles. The fourth-order valence-electron chi connectivity index (χ4n) is 2.10. The van der Waals surface area contributed by atoms with Crippen molar-refractivity contribution in [2.75, 3.05) is 0 Å². The Bertz CT molecular complexity index is 576. The summed E-state index contributed by atoms with van der Waals surface area (Å²) in [7, 11) is 0. The van der Waals surface area contributed by atoms with Gasteiger partial charge in [0.2, 0.25) is 0 Å². The Balaban J connectivity index is 2.88. The molecule has 16 heavy (non-hydrogen) atoms. The Morgan fingerprint density at radius 3 is 2.81 bits per heavy atom. The maximum Gasteiger partial charge on any atom is 0.128 e. The van der Waals surface area contributed by atoms with Crippen LogP contribution in [0.3, 0.4) is 0 Å². The number of benzene rings is 1. The molecular weight excluding hydrogens is 220 g/mol. The minimum absolute atomic E-state index is 0.564. The van der Waals surface area contributed by atoms with Crippen LogP contribution in [0.1, 0.15) is 24.5 Å². The van der Waals surface area contributed by atoms with Gasteiger partial charge in [0.15, 0.2) is 0 Å². The molecule has 0 N–H and O–H groups in total. The fraction of sp³-hybridized carbons (Fsp3) is 0.308. The third-order valence-corrected chi connectivity index (χ3v) is 3.17. The van der Waals surface area contributed by atoms with Gasteiger partial charge in [-0.1, -0.05) is 36.7 Å². The molecule has 0 atom stereocenters. The Kier molecular flexibility index (Phi) is 2.89. The number of nitrogens with zero attached hydrogens (tertiary/aromatic N) is 2. The SMILES string of the molecule is CCCn1c(Cl)c(C#N)c2cccc(C)c21. The molecular formula is C13H13ClN2. The normalized spacial score (nSPS) is 10.6. The molecule has 0 radical (unpaired) electrons. The number of aromatic nitrogens is 1. The molecule has 0 aliphatic heterocycles. The molecule has 2 aromatic rings. The topological polar surface area (TPSA) is 28.7 Å². The quantitative estimate of drug-likeness (QED) is 0.772. The summed E-state index contributed by atoms with van der Waals surface area (Å²) in [5.74, 6) is 0. The van der Waals surface area contributed by atoms with Gasteiger partial charge in [0.25, 0.3) is 0 Å². The van der Waals surface area contributed by atoms with E-state index in [-0.39, 0.29) is 0 Å². The van der Waals surface area contributed by atoms with E-state index < -0.39 is 0 Å². The van der Waals surface area contributed by atoms with E-state index >= 15 is 0 Å². The minimum atomic E-state index is 0.564. The van der Waals surface area contributed by atoms with Crippen molar-refractivity contribution in [3.63, 3.8) is 0 Å². The summed E-state index contributed by atoms with van der Waals surface area (Å²) >= 11 is 6.24. The van der Waals surface area contributed by atoms with Crippen molar-refractivity contribution in [1.29, 1.82) is 5.26 Å².